The van der Waals surface area contributed by atoms with E-state index in [-0.39, 0.29) is 80.0 Å². The molecule has 4 aromatic heterocycles. The number of carbonyl (C=O) groups excluding carboxylic acids is 2. The molecular formula is C52H60ClF6N12O6P2+. The van der Waals surface area contributed by atoms with Gasteiger partial charge >= 0.3 is 32.3 Å². The van der Waals surface area contributed by atoms with Crippen molar-refractivity contribution < 1.29 is 54.5 Å². The fraction of sp³-hybridized carbons (Fsp3) is 0.462. The van der Waals surface area contributed by atoms with Crippen molar-refractivity contribution in [3.63, 3.8) is 0 Å². The fourth-order valence-corrected chi connectivity index (χ4v) is 10.8. The highest BCUT2D eigenvalue weighted by Crippen LogP contribution is 2.44. The zero-order valence-corrected chi connectivity index (χ0v) is 47.4. The number of hydrogen-bond donors (Lipinski definition) is 6. The molecule has 4 atom stereocenters. The lowest BCUT2D eigenvalue weighted by molar-refractivity contribution is -0.138. The van der Waals surface area contributed by atoms with E-state index < -0.39 is 61.8 Å². The van der Waals surface area contributed by atoms with Crippen molar-refractivity contribution in [2.24, 2.45) is 0 Å². The fourth-order valence-electron chi connectivity index (χ4n) is 9.06. The lowest BCUT2D eigenvalue weighted by Crippen LogP contribution is -2.45. The Hall–Kier alpha value is -7.00. The molecule has 4 heterocycles. The summed E-state index contributed by atoms with van der Waals surface area (Å²) >= 11 is 6.25. The van der Waals surface area contributed by atoms with Gasteiger partial charge in [0.1, 0.15) is 48.9 Å². The molecular weight excluding hydrogens is 1100 g/mol. The molecule has 79 heavy (non-hydrogen) atoms. The van der Waals surface area contributed by atoms with Crippen molar-refractivity contribution in [1.29, 1.82) is 10.5 Å². The Kier molecular flexibility index (Phi) is 18.7. The summed E-state index contributed by atoms with van der Waals surface area (Å²) in [4.78, 5) is 46.6. The molecule has 0 bridgehead atoms. The molecule has 2 amide bonds. The van der Waals surface area contributed by atoms with E-state index in [0.717, 1.165) is 25.2 Å². The molecule has 2 aliphatic carbocycles. The lowest BCUT2D eigenvalue weighted by atomic mass is 10.0. The summed E-state index contributed by atoms with van der Waals surface area (Å²) in [5, 5.41) is 31.7. The van der Waals surface area contributed by atoms with Crippen LogP contribution in [-0.2, 0) is 31.0 Å². The Bertz CT molecular complexity index is 3390. The van der Waals surface area contributed by atoms with Gasteiger partial charge in [-0.05, 0) is 106 Å². The van der Waals surface area contributed by atoms with Crippen LogP contribution in [0.2, 0.25) is 5.02 Å². The van der Waals surface area contributed by atoms with E-state index in [1.165, 1.54) is 50.0 Å². The monoisotopic (exact) mass is 1160 g/mol. The third kappa shape index (κ3) is 15.6. The summed E-state index contributed by atoms with van der Waals surface area (Å²) in [5.74, 6) is -0.0317. The zero-order valence-electron chi connectivity index (χ0n) is 44.8. The van der Waals surface area contributed by atoms with Crippen molar-refractivity contribution in [2.45, 2.75) is 128 Å². The summed E-state index contributed by atoms with van der Waals surface area (Å²) < 4.78 is 117. The van der Waals surface area contributed by atoms with E-state index in [4.69, 9.17) is 21.1 Å². The van der Waals surface area contributed by atoms with Crippen LogP contribution in [0.5, 0.6) is 0 Å². The molecule has 2 saturated carbocycles. The van der Waals surface area contributed by atoms with Crippen molar-refractivity contribution in [3.05, 3.63) is 76.3 Å². The van der Waals surface area contributed by atoms with Crippen LogP contribution in [0.15, 0.2) is 49.1 Å². The maximum Gasteiger partial charge on any atom is 0.419 e. The van der Waals surface area contributed by atoms with Gasteiger partial charge in [-0.3, -0.25) is 0 Å². The van der Waals surface area contributed by atoms with Crippen molar-refractivity contribution >= 4 is 77.7 Å². The number of nitrogens with zero attached hydrogens (tertiary/aromatic N) is 6. The van der Waals surface area contributed by atoms with Crippen LogP contribution in [0.1, 0.15) is 102 Å². The van der Waals surface area contributed by atoms with E-state index in [9.17, 15) is 55.6 Å². The number of nitriles is 2. The highest BCUT2D eigenvalue weighted by Gasteiger charge is 2.39. The van der Waals surface area contributed by atoms with E-state index in [1.807, 2.05) is 12.1 Å². The van der Waals surface area contributed by atoms with Gasteiger partial charge in [-0.1, -0.05) is 28.3 Å². The molecule has 422 valence electrons. The Labute approximate surface area is 457 Å². The Morgan fingerprint density at radius 3 is 1.44 bits per heavy atom. The van der Waals surface area contributed by atoms with Gasteiger partial charge in [0.25, 0.3) is 0 Å². The second-order valence-electron chi connectivity index (χ2n) is 21.3. The third-order valence-corrected chi connectivity index (χ3v) is 14.1. The minimum Gasteiger partial charge on any atom is -0.444 e. The van der Waals surface area contributed by atoms with Crippen LogP contribution in [0, 0.1) is 22.7 Å². The maximum absolute atomic E-state index is 14.0. The number of rotatable bonds is 9. The lowest BCUT2D eigenvalue weighted by Gasteiger charge is -2.25. The van der Waals surface area contributed by atoms with Gasteiger partial charge in [-0.25, -0.2) is 29.5 Å². The molecule has 6 N–H and O–H groups in total. The molecule has 8 rings (SSSR count). The van der Waals surface area contributed by atoms with Gasteiger partial charge in [0.2, 0.25) is 11.9 Å². The Balaban J connectivity index is 0.000000240. The summed E-state index contributed by atoms with van der Waals surface area (Å²) in [6.45, 7) is 16.9. The van der Waals surface area contributed by atoms with Crippen LogP contribution in [-0.4, -0.2) is 104 Å². The molecule has 0 saturated heterocycles. The van der Waals surface area contributed by atoms with E-state index in [2.05, 4.69) is 51.2 Å². The summed E-state index contributed by atoms with van der Waals surface area (Å²) in [6, 6.07) is 8.67. The minimum atomic E-state index is -4.74. The predicted molar refractivity (Wildman–Crippen MR) is 290 cm³/mol. The Morgan fingerprint density at radius 1 is 0.684 bits per heavy atom. The highest BCUT2D eigenvalue weighted by atomic mass is 35.5. The van der Waals surface area contributed by atoms with Crippen LogP contribution < -0.4 is 26.6 Å². The first kappa shape index (κ1) is 61.2. The highest BCUT2D eigenvalue weighted by molar-refractivity contribution is 7.70. The van der Waals surface area contributed by atoms with Gasteiger partial charge in [-0.15, -0.1) is 0 Å². The third-order valence-electron chi connectivity index (χ3n) is 12.2. The number of nitrogens with one attached hydrogen (secondary N) is 6. The number of fused-ring (bicyclic) bond motifs is 2. The average molecular weight is 1160 g/mol. The number of aromatic nitrogens is 6. The smallest absolute Gasteiger partial charge is 0.419 e. The van der Waals surface area contributed by atoms with E-state index in [0.29, 0.717) is 47.5 Å². The van der Waals surface area contributed by atoms with Gasteiger partial charge in [0, 0.05) is 58.8 Å². The summed E-state index contributed by atoms with van der Waals surface area (Å²) in [5.41, 5.74) is -2.71. The van der Waals surface area contributed by atoms with E-state index >= 15 is 0 Å². The van der Waals surface area contributed by atoms with Crippen molar-refractivity contribution in [3.8, 4) is 34.7 Å². The maximum atomic E-state index is 14.0. The molecule has 6 aromatic rings. The number of alkyl carbamates (subject to hydrolysis) is 2. The molecule has 0 radical (unpaired) electrons. The average Bonchev–Trinajstić information content (AvgIpc) is 4.21. The molecule has 0 aliphatic heterocycles. The van der Waals surface area contributed by atoms with Gasteiger partial charge in [0.15, 0.2) is 0 Å². The summed E-state index contributed by atoms with van der Waals surface area (Å²) in [6.07, 6.45) is -2.16. The van der Waals surface area contributed by atoms with Crippen molar-refractivity contribution in [2.75, 3.05) is 37.3 Å². The van der Waals surface area contributed by atoms with Crippen LogP contribution in [0.4, 0.5) is 47.8 Å². The number of benzene rings is 2. The number of carbonyl (C=O) groups is 2. The van der Waals surface area contributed by atoms with Crippen LogP contribution >= 0.6 is 26.5 Å². The van der Waals surface area contributed by atoms with Gasteiger partial charge in [0.05, 0.1) is 62.0 Å². The normalized spacial score (nSPS) is 17.6. The number of halogens is 7. The quantitative estimate of drug-likeness (QED) is 0.0581. The summed E-state index contributed by atoms with van der Waals surface area (Å²) in [7, 11) is -3.84. The molecule has 2 aliphatic rings. The number of anilines is 2. The first-order valence-corrected chi connectivity index (χ1v) is 29.9. The van der Waals surface area contributed by atoms with Crippen molar-refractivity contribution in [1.82, 2.24) is 40.5 Å². The Morgan fingerprint density at radius 2 is 1.06 bits per heavy atom. The number of hydrogen-bond acceptors (Lipinski definition) is 14. The first-order valence-electron chi connectivity index (χ1n) is 24.7. The molecule has 27 heteroatoms. The number of amides is 2. The van der Waals surface area contributed by atoms with Gasteiger partial charge < -0.3 is 45.3 Å². The predicted octanol–water partition coefficient (Wildman–Crippen LogP) is 12.7. The number of alkyl halides is 6. The SMILES string of the molecule is CC(C)(C)OC(=O)N[C@H]1CCC[C@@H]1Nc1ncc(C(F)(F)F)c(-c2c[nH]c3c(Cl)c(C#N)ccc23)n1.CC(C)(C)OC(=O)N[C@H]1CCC[C@@H]1Nc1ncc(C(F)(F)F)c(-c2c[nH]c3c(P(C)(C)=O)c(C#N)ccc23)n1.C[P+](C)=O. The van der Waals surface area contributed by atoms with Gasteiger partial charge in [-0.2, -0.15) is 36.9 Å². The molecule has 2 aromatic carbocycles. The molecule has 2 fully saturated rings. The zero-order chi connectivity index (χ0) is 58.6. The first-order chi connectivity index (χ1) is 36.7. The van der Waals surface area contributed by atoms with E-state index in [1.54, 1.807) is 54.9 Å². The molecule has 0 unspecified atom stereocenters. The van der Waals surface area contributed by atoms with Crippen LogP contribution in [0.3, 0.4) is 0 Å². The number of aromatic amines is 2. The second kappa shape index (κ2) is 24.2. The largest absolute Gasteiger partial charge is 0.444 e. The number of H-pyrrole nitrogens is 2. The second-order valence-corrected chi connectivity index (χ2v) is 26.5. The number of ether oxygens (including phenoxy) is 2. The molecule has 18 nitrogen and oxygen atoms in total. The van der Waals surface area contributed by atoms with Crippen LogP contribution in [0.25, 0.3) is 44.3 Å². The molecule has 0 spiro atoms. The topological polar surface area (TPSA) is 266 Å². The minimum absolute atomic E-state index is 0.00465. The standard InChI is InChI=1S/C26H30F3N6O3P.C24H24ClF3N6O2.C2H6OP/c1-25(2,3)38-24(36)34-19-8-6-7-18(19)33-23-32-13-17(26(27,28)29)20(35-23)16-12-31-21-15(16)10-9-14(11-30)22(21)39(4,5)37;1-23(2,3)36-22(35)33-17-6-4-5-16(17)32-21-31-11-15(24(26,27)28)19(34-21)14-10-30-20-13(14)8-7-12(9-29)18(20)25;1-4(2)3/h9-10,12-13,18-19,31H,6-8H2,1-5H3,(H,34,36)(H,32,33,35);7-8,10-11,16-17,30H,4-6H2,1-3H3,(H,33,35)(H,31,32,34);1-2H3/q;;+1/t18-,19-;16-,17-;/m00./s1.